The molecule has 4 N–H and O–H groups in total. The van der Waals surface area contributed by atoms with Crippen molar-refractivity contribution in [1.82, 2.24) is 9.29 Å². The number of ether oxygens (including phenoxy) is 1. The van der Waals surface area contributed by atoms with Crippen LogP contribution in [0.25, 0.3) is 11.1 Å². The average Bonchev–Trinajstić information content (AvgIpc) is 3.17. The third-order valence-electron chi connectivity index (χ3n) is 6.39. The molecule has 35 heavy (non-hydrogen) atoms. The van der Waals surface area contributed by atoms with Crippen molar-refractivity contribution in [2.45, 2.75) is 50.7 Å². The highest BCUT2D eigenvalue weighted by molar-refractivity contribution is 7.89. The van der Waals surface area contributed by atoms with Crippen molar-refractivity contribution in [3.8, 4) is 11.5 Å². The fourth-order valence-corrected chi connectivity index (χ4v) is 5.40. The second-order valence-electron chi connectivity index (χ2n) is 9.03. The predicted octanol–water partition coefficient (Wildman–Crippen LogP) is 2.29. The smallest absolute Gasteiger partial charge is 0.434 e. The summed E-state index contributed by atoms with van der Waals surface area (Å²) in [6.45, 7) is 2.35. The molecule has 1 fully saturated rings. The highest BCUT2D eigenvalue weighted by Crippen LogP contribution is 2.36. The van der Waals surface area contributed by atoms with Gasteiger partial charge in [-0.05, 0) is 68.4 Å². The molecule has 3 aromatic rings. The number of nitrogens with one attached hydrogen (secondary N) is 1. The fourth-order valence-electron chi connectivity index (χ4n) is 4.59. The second kappa shape index (κ2) is 9.74. The molecule has 1 aliphatic rings. The summed E-state index contributed by atoms with van der Waals surface area (Å²) in [6, 6.07) is 10.6. The van der Waals surface area contributed by atoms with Crippen molar-refractivity contribution in [3.63, 3.8) is 0 Å². The summed E-state index contributed by atoms with van der Waals surface area (Å²) >= 11 is 0. The number of hydrogen-bond acceptors (Lipinski definition) is 8. The van der Waals surface area contributed by atoms with Gasteiger partial charge < -0.3 is 25.3 Å². The van der Waals surface area contributed by atoms with Crippen LogP contribution < -0.4 is 21.5 Å². The largest absolute Gasteiger partial charge is 0.503 e. The number of benzene rings is 2. The number of amides is 1. The Morgan fingerprint density at radius 2 is 1.86 bits per heavy atom. The standard InChI is InChI=1S/C24H29N3O7S/c1-14(33-20-12-11-19-21(22(20)28)27(24(30)34-19)35(2,31)32)13-26-18-9-7-16(8-10-18)15-3-5-17(6-4-15)23(25)29/h3-6,11-12,14,16,18,26,28H,7-10,13H2,1-2H3,(H2,25,29)/t14-,16?,18?/m0/s1. The minimum absolute atomic E-state index is 0.0444. The number of primary amides is 1. The number of carbonyl (C=O) groups is 1. The molecule has 0 radical (unpaired) electrons. The molecule has 188 valence electrons. The van der Waals surface area contributed by atoms with Gasteiger partial charge in [0.25, 0.3) is 0 Å². The minimum atomic E-state index is -3.98. The molecule has 1 aliphatic carbocycles. The van der Waals surface area contributed by atoms with Gasteiger partial charge in [0.15, 0.2) is 22.6 Å². The van der Waals surface area contributed by atoms with Crippen molar-refractivity contribution in [2.24, 2.45) is 5.73 Å². The Hall–Kier alpha value is -3.31. The van der Waals surface area contributed by atoms with E-state index >= 15 is 0 Å². The summed E-state index contributed by atoms with van der Waals surface area (Å²) in [7, 11) is -3.98. The maximum absolute atomic E-state index is 12.0. The normalized spacial score (nSPS) is 19.5. The Kier molecular flexibility index (Phi) is 6.91. The zero-order valence-corrected chi connectivity index (χ0v) is 20.4. The van der Waals surface area contributed by atoms with Crippen molar-refractivity contribution >= 4 is 27.0 Å². The van der Waals surface area contributed by atoms with Gasteiger partial charge in [-0.1, -0.05) is 12.1 Å². The Bertz CT molecular complexity index is 1380. The molecular weight excluding hydrogens is 474 g/mol. The van der Waals surface area contributed by atoms with E-state index in [1.165, 1.54) is 17.7 Å². The molecule has 1 aromatic heterocycles. The zero-order valence-electron chi connectivity index (χ0n) is 19.6. The van der Waals surface area contributed by atoms with E-state index in [9.17, 15) is 23.1 Å². The molecule has 1 amide bonds. The third-order valence-corrected chi connectivity index (χ3v) is 7.39. The number of carbonyl (C=O) groups excluding carboxylic acids is 1. The van der Waals surface area contributed by atoms with E-state index in [0.29, 0.717) is 28.0 Å². The van der Waals surface area contributed by atoms with Crippen LogP contribution in [0.5, 0.6) is 11.5 Å². The van der Waals surface area contributed by atoms with Gasteiger partial charge in [-0.15, -0.1) is 0 Å². The highest BCUT2D eigenvalue weighted by atomic mass is 32.2. The Morgan fingerprint density at radius 3 is 2.46 bits per heavy atom. The maximum Gasteiger partial charge on any atom is 0.434 e. The number of phenols is 1. The summed E-state index contributed by atoms with van der Waals surface area (Å²) < 4.78 is 35.1. The number of oxazole rings is 1. The fraction of sp³-hybridized carbons (Fsp3) is 0.417. The van der Waals surface area contributed by atoms with Gasteiger partial charge in [0, 0.05) is 18.2 Å². The Balaban J connectivity index is 1.34. The Morgan fingerprint density at radius 1 is 1.20 bits per heavy atom. The molecule has 4 rings (SSSR count). The Labute approximate surface area is 202 Å². The molecule has 1 atom stereocenters. The summed E-state index contributed by atoms with van der Waals surface area (Å²) in [4.78, 5) is 23.2. The third kappa shape index (κ3) is 5.35. The minimum Gasteiger partial charge on any atom is -0.503 e. The van der Waals surface area contributed by atoms with Gasteiger partial charge in [-0.25, -0.2) is 13.2 Å². The molecule has 2 aromatic carbocycles. The van der Waals surface area contributed by atoms with Crippen LogP contribution in [0.3, 0.4) is 0 Å². The first kappa shape index (κ1) is 24.8. The molecule has 0 aliphatic heterocycles. The van der Waals surface area contributed by atoms with Crippen LogP contribution in [0, 0.1) is 0 Å². The number of phenolic OH excluding ortho intramolecular Hbond substituents is 1. The number of aromatic nitrogens is 1. The van der Waals surface area contributed by atoms with Gasteiger partial charge in [0.2, 0.25) is 15.9 Å². The van der Waals surface area contributed by atoms with Crippen LogP contribution in [0.4, 0.5) is 0 Å². The molecule has 0 spiro atoms. The van der Waals surface area contributed by atoms with E-state index in [1.807, 2.05) is 19.1 Å². The van der Waals surface area contributed by atoms with Gasteiger partial charge in [-0.3, -0.25) is 4.79 Å². The van der Waals surface area contributed by atoms with E-state index in [1.54, 1.807) is 12.1 Å². The number of nitrogens with two attached hydrogens (primary N) is 1. The van der Waals surface area contributed by atoms with Crippen molar-refractivity contribution in [3.05, 3.63) is 58.1 Å². The summed E-state index contributed by atoms with van der Waals surface area (Å²) in [5.41, 5.74) is 6.75. The van der Waals surface area contributed by atoms with Gasteiger partial charge in [0.1, 0.15) is 6.10 Å². The van der Waals surface area contributed by atoms with Crippen LogP contribution in [0.15, 0.2) is 45.6 Å². The lowest BCUT2D eigenvalue weighted by Crippen LogP contribution is -2.38. The molecule has 0 bridgehead atoms. The molecule has 10 nitrogen and oxygen atoms in total. The first-order valence-corrected chi connectivity index (χ1v) is 13.3. The zero-order chi connectivity index (χ0) is 25.3. The number of fused-ring (bicyclic) bond motifs is 1. The number of rotatable bonds is 8. The van der Waals surface area contributed by atoms with Crippen molar-refractivity contribution in [2.75, 3.05) is 12.8 Å². The number of nitrogens with zero attached hydrogens (tertiary/aromatic N) is 1. The van der Waals surface area contributed by atoms with Gasteiger partial charge in [-0.2, -0.15) is 3.97 Å². The molecule has 0 saturated heterocycles. The lowest BCUT2D eigenvalue weighted by molar-refractivity contribution is 0.1000. The monoisotopic (exact) mass is 503 g/mol. The van der Waals surface area contributed by atoms with E-state index < -0.39 is 27.4 Å². The van der Waals surface area contributed by atoms with Crippen LogP contribution in [0.1, 0.15) is 54.4 Å². The lowest BCUT2D eigenvalue weighted by Gasteiger charge is -2.30. The van der Waals surface area contributed by atoms with Crippen LogP contribution in [-0.2, 0) is 10.0 Å². The summed E-state index contributed by atoms with van der Waals surface area (Å²) in [5, 5.41) is 14.1. The van der Waals surface area contributed by atoms with Crippen LogP contribution in [0.2, 0.25) is 0 Å². The van der Waals surface area contributed by atoms with E-state index in [4.69, 9.17) is 14.9 Å². The average molecular weight is 504 g/mol. The second-order valence-corrected chi connectivity index (χ2v) is 10.9. The molecular formula is C24H29N3O7S. The number of hydrogen-bond donors (Lipinski definition) is 3. The molecule has 0 unspecified atom stereocenters. The SMILES string of the molecule is C[C@@H](CNC1CCC(c2ccc(C(N)=O)cc2)CC1)Oc1ccc2oc(=O)n(S(C)(=O)=O)c2c1O. The predicted molar refractivity (Wildman–Crippen MR) is 130 cm³/mol. The van der Waals surface area contributed by atoms with Gasteiger partial charge in [0.05, 0.1) is 6.26 Å². The molecule has 1 heterocycles. The van der Waals surface area contributed by atoms with E-state index in [0.717, 1.165) is 31.9 Å². The van der Waals surface area contributed by atoms with Crippen LogP contribution in [-0.4, -0.2) is 48.4 Å². The van der Waals surface area contributed by atoms with Crippen molar-refractivity contribution in [1.29, 1.82) is 0 Å². The van der Waals surface area contributed by atoms with E-state index in [-0.39, 0.29) is 23.0 Å². The summed E-state index contributed by atoms with van der Waals surface area (Å²) in [5.74, 6) is -1.48. The summed E-state index contributed by atoms with van der Waals surface area (Å²) in [6.07, 6.45) is 4.54. The highest BCUT2D eigenvalue weighted by Gasteiger charge is 2.25. The van der Waals surface area contributed by atoms with Crippen molar-refractivity contribution < 1.29 is 27.5 Å². The maximum atomic E-state index is 12.0. The first-order chi connectivity index (χ1) is 16.5. The molecule has 1 saturated carbocycles. The number of aromatic hydroxyl groups is 1. The van der Waals surface area contributed by atoms with Gasteiger partial charge >= 0.3 is 5.76 Å². The quantitative estimate of drug-likeness (QED) is 0.423. The topological polar surface area (TPSA) is 154 Å². The lowest BCUT2D eigenvalue weighted by atomic mass is 9.81. The first-order valence-electron chi connectivity index (χ1n) is 11.4. The molecule has 11 heteroatoms. The van der Waals surface area contributed by atoms with Crippen LogP contribution >= 0.6 is 0 Å². The van der Waals surface area contributed by atoms with E-state index in [2.05, 4.69) is 5.32 Å².